The lowest BCUT2D eigenvalue weighted by Crippen LogP contribution is -2.29. The predicted molar refractivity (Wildman–Crippen MR) is 79.4 cm³/mol. The Bertz CT molecular complexity index is 393. The Balaban J connectivity index is 2.49. The number of pyridine rings is 1. The number of nitrogens with one attached hydrogen (secondary N) is 2. The molecule has 1 aromatic heterocycles. The van der Waals surface area contributed by atoms with E-state index >= 15 is 0 Å². The van der Waals surface area contributed by atoms with Crippen molar-refractivity contribution in [3.63, 3.8) is 0 Å². The summed E-state index contributed by atoms with van der Waals surface area (Å²) in [7, 11) is 1.79. The molecule has 0 saturated heterocycles. The molecule has 4 nitrogen and oxygen atoms in total. The average Bonchev–Trinajstić information content (AvgIpc) is 2.47. The second-order valence-electron chi connectivity index (χ2n) is 4.81. The molecule has 2 N–H and O–H groups in total. The molecule has 1 unspecified atom stereocenters. The summed E-state index contributed by atoms with van der Waals surface area (Å²) in [6.07, 6.45) is 6.38. The Morgan fingerprint density at radius 2 is 2.21 bits per heavy atom. The van der Waals surface area contributed by atoms with Crippen molar-refractivity contribution < 1.29 is 4.79 Å². The van der Waals surface area contributed by atoms with Crippen molar-refractivity contribution in [2.75, 3.05) is 18.9 Å². The number of hydrogen-bond acceptors (Lipinski definition) is 3. The molecule has 1 atom stereocenters. The number of hydrogen-bond donors (Lipinski definition) is 2. The number of nitrogens with zero attached hydrogens (tertiary/aromatic N) is 1. The first-order valence-electron chi connectivity index (χ1n) is 7.13. The van der Waals surface area contributed by atoms with Crippen LogP contribution in [0.3, 0.4) is 0 Å². The van der Waals surface area contributed by atoms with Crippen molar-refractivity contribution in [1.82, 2.24) is 10.3 Å². The molecule has 1 aromatic rings. The van der Waals surface area contributed by atoms with Crippen molar-refractivity contribution in [1.29, 1.82) is 0 Å². The van der Waals surface area contributed by atoms with E-state index in [2.05, 4.69) is 29.5 Å². The molecular weight excluding hydrogens is 238 g/mol. The van der Waals surface area contributed by atoms with Crippen LogP contribution in [0.15, 0.2) is 18.3 Å². The van der Waals surface area contributed by atoms with Gasteiger partial charge in [-0.2, -0.15) is 0 Å². The summed E-state index contributed by atoms with van der Waals surface area (Å²) in [6, 6.07) is 3.51. The van der Waals surface area contributed by atoms with Crippen LogP contribution in [0.5, 0.6) is 0 Å². The topological polar surface area (TPSA) is 54.0 Å². The third-order valence-electron chi connectivity index (χ3n) is 3.37. The molecule has 0 aromatic carbocycles. The predicted octanol–water partition coefficient (Wildman–Crippen LogP) is 3.07. The molecule has 0 aliphatic carbocycles. The fourth-order valence-corrected chi connectivity index (χ4v) is 1.99. The maximum Gasteiger partial charge on any atom is 0.251 e. The normalized spacial score (nSPS) is 11.9. The zero-order chi connectivity index (χ0) is 14.1. The number of aromatic nitrogens is 1. The van der Waals surface area contributed by atoms with Gasteiger partial charge in [-0.05, 0) is 24.5 Å². The number of carbonyl (C=O) groups is 1. The van der Waals surface area contributed by atoms with Gasteiger partial charge in [0.05, 0.1) is 0 Å². The Labute approximate surface area is 116 Å². The van der Waals surface area contributed by atoms with Crippen LogP contribution in [0.4, 0.5) is 5.82 Å². The Kier molecular flexibility index (Phi) is 6.93. The third kappa shape index (κ3) is 5.28. The second kappa shape index (κ2) is 8.51. The summed E-state index contributed by atoms with van der Waals surface area (Å²) in [5, 5.41) is 5.95. The summed E-state index contributed by atoms with van der Waals surface area (Å²) < 4.78 is 0. The first-order valence-corrected chi connectivity index (χ1v) is 7.13. The van der Waals surface area contributed by atoms with Gasteiger partial charge in [-0.15, -0.1) is 0 Å². The Hall–Kier alpha value is -1.58. The first-order chi connectivity index (χ1) is 9.21. The summed E-state index contributed by atoms with van der Waals surface area (Å²) >= 11 is 0. The molecule has 0 saturated carbocycles. The largest absolute Gasteiger partial charge is 0.373 e. The zero-order valence-corrected chi connectivity index (χ0v) is 12.2. The standard InChI is InChI=1S/C15H25N3O/c1-4-6-7-12(5-2)11-18-15(19)13-8-9-17-14(10-13)16-3/h8-10,12H,4-7,11H2,1-3H3,(H,16,17)(H,18,19). The lowest BCUT2D eigenvalue weighted by Gasteiger charge is -2.15. The molecule has 19 heavy (non-hydrogen) atoms. The van der Waals surface area contributed by atoms with E-state index in [-0.39, 0.29) is 5.91 Å². The van der Waals surface area contributed by atoms with Gasteiger partial charge in [0.15, 0.2) is 0 Å². The van der Waals surface area contributed by atoms with Crippen LogP contribution in [0.1, 0.15) is 49.9 Å². The summed E-state index contributed by atoms with van der Waals surface area (Å²) in [5.74, 6) is 1.27. The quantitative estimate of drug-likeness (QED) is 0.758. The van der Waals surface area contributed by atoms with Crippen molar-refractivity contribution >= 4 is 11.7 Å². The molecule has 0 radical (unpaired) electrons. The number of carbonyl (C=O) groups excluding carboxylic acids is 1. The van der Waals surface area contributed by atoms with E-state index < -0.39 is 0 Å². The smallest absolute Gasteiger partial charge is 0.251 e. The monoisotopic (exact) mass is 263 g/mol. The van der Waals surface area contributed by atoms with Gasteiger partial charge < -0.3 is 10.6 Å². The van der Waals surface area contributed by atoms with E-state index in [0.29, 0.717) is 17.3 Å². The minimum absolute atomic E-state index is 0.0196. The van der Waals surface area contributed by atoms with E-state index in [1.807, 2.05) is 0 Å². The zero-order valence-electron chi connectivity index (χ0n) is 12.2. The van der Waals surface area contributed by atoms with Crippen LogP contribution in [0.2, 0.25) is 0 Å². The highest BCUT2D eigenvalue weighted by Crippen LogP contribution is 2.12. The molecule has 0 aliphatic rings. The average molecular weight is 263 g/mol. The second-order valence-corrected chi connectivity index (χ2v) is 4.81. The van der Waals surface area contributed by atoms with E-state index in [9.17, 15) is 4.79 Å². The Morgan fingerprint density at radius 3 is 2.84 bits per heavy atom. The summed E-state index contributed by atoms with van der Waals surface area (Å²) in [5.41, 5.74) is 0.657. The van der Waals surface area contributed by atoms with Crippen molar-refractivity contribution in [3.8, 4) is 0 Å². The van der Waals surface area contributed by atoms with Gasteiger partial charge >= 0.3 is 0 Å². The SMILES string of the molecule is CCCCC(CC)CNC(=O)c1ccnc(NC)c1. The van der Waals surface area contributed by atoms with Gasteiger partial charge in [0.1, 0.15) is 5.82 Å². The molecule has 0 bridgehead atoms. The van der Waals surface area contributed by atoms with Crippen molar-refractivity contribution in [2.24, 2.45) is 5.92 Å². The van der Waals surface area contributed by atoms with Gasteiger partial charge in [-0.25, -0.2) is 4.98 Å². The molecule has 106 valence electrons. The van der Waals surface area contributed by atoms with Crippen molar-refractivity contribution in [2.45, 2.75) is 39.5 Å². The Morgan fingerprint density at radius 1 is 1.42 bits per heavy atom. The highest BCUT2D eigenvalue weighted by atomic mass is 16.1. The van der Waals surface area contributed by atoms with Crippen LogP contribution in [-0.2, 0) is 0 Å². The van der Waals surface area contributed by atoms with Crippen LogP contribution >= 0.6 is 0 Å². The van der Waals surface area contributed by atoms with Crippen LogP contribution < -0.4 is 10.6 Å². The number of unbranched alkanes of at least 4 members (excludes halogenated alkanes) is 1. The maximum atomic E-state index is 12.0. The van der Waals surface area contributed by atoms with Crippen LogP contribution in [0.25, 0.3) is 0 Å². The minimum Gasteiger partial charge on any atom is -0.373 e. The molecule has 4 heteroatoms. The van der Waals surface area contributed by atoms with Crippen LogP contribution in [-0.4, -0.2) is 24.5 Å². The van der Waals surface area contributed by atoms with Crippen LogP contribution in [0, 0.1) is 5.92 Å². The molecule has 0 aliphatic heterocycles. The molecule has 0 spiro atoms. The molecule has 1 amide bonds. The summed E-state index contributed by atoms with van der Waals surface area (Å²) in [6.45, 7) is 5.13. The van der Waals surface area contributed by atoms with Crippen molar-refractivity contribution in [3.05, 3.63) is 23.9 Å². The molecule has 0 fully saturated rings. The van der Waals surface area contributed by atoms with Gasteiger partial charge in [-0.1, -0.05) is 33.1 Å². The lowest BCUT2D eigenvalue weighted by atomic mass is 9.99. The molecular formula is C15H25N3O. The highest BCUT2D eigenvalue weighted by molar-refractivity contribution is 5.94. The fourth-order valence-electron chi connectivity index (χ4n) is 1.99. The lowest BCUT2D eigenvalue weighted by molar-refractivity contribution is 0.0945. The fraction of sp³-hybridized carbons (Fsp3) is 0.600. The highest BCUT2D eigenvalue weighted by Gasteiger charge is 2.10. The van der Waals surface area contributed by atoms with E-state index in [1.54, 1.807) is 25.4 Å². The van der Waals surface area contributed by atoms with E-state index in [1.165, 1.54) is 19.3 Å². The molecule has 1 rings (SSSR count). The number of rotatable bonds is 8. The van der Waals surface area contributed by atoms with Gasteiger partial charge in [0.25, 0.3) is 5.91 Å². The maximum absolute atomic E-state index is 12.0. The van der Waals surface area contributed by atoms with Gasteiger partial charge in [0, 0.05) is 25.4 Å². The third-order valence-corrected chi connectivity index (χ3v) is 3.37. The number of anilines is 1. The first kappa shape index (κ1) is 15.5. The van der Waals surface area contributed by atoms with Gasteiger partial charge in [-0.3, -0.25) is 4.79 Å². The van der Waals surface area contributed by atoms with E-state index in [4.69, 9.17) is 0 Å². The summed E-state index contributed by atoms with van der Waals surface area (Å²) in [4.78, 5) is 16.1. The number of amides is 1. The minimum atomic E-state index is -0.0196. The molecule has 1 heterocycles. The van der Waals surface area contributed by atoms with Gasteiger partial charge in [0.2, 0.25) is 0 Å². The van der Waals surface area contributed by atoms with E-state index in [0.717, 1.165) is 13.0 Å².